The molecule has 0 bridgehead atoms. The number of nitrogens with zero attached hydrogens (tertiary/aromatic N) is 2. The molecule has 0 saturated heterocycles. The molecule has 3 aromatic rings. The van der Waals surface area contributed by atoms with Crippen molar-refractivity contribution >= 4 is 44.6 Å². The summed E-state index contributed by atoms with van der Waals surface area (Å²) < 4.78 is 46.5. The van der Waals surface area contributed by atoms with Gasteiger partial charge in [-0.3, -0.25) is 5.32 Å². The van der Waals surface area contributed by atoms with Crippen LogP contribution >= 0.6 is 15.9 Å². The number of methoxy groups -OCH3 is 1. The van der Waals surface area contributed by atoms with Gasteiger partial charge in [0.1, 0.15) is 5.56 Å². The molecule has 0 aliphatic heterocycles. The van der Waals surface area contributed by atoms with Gasteiger partial charge in [-0.15, -0.1) is 0 Å². The maximum Gasteiger partial charge on any atom is 0.419 e. The number of carbonyl (C=O) groups is 1. The van der Waals surface area contributed by atoms with Gasteiger partial charge < -0.3 is 20.8 Å². The second-order valence-corrected chi connectivity index (χ2v) is 8.67. The Morgan fingerprint density at radius 1 is 1.27 bits per heavy atom. The minimum Gasteiger partial charge on any atom is -0.453 e. The van der Waals surface area contributed by atoms with Gasteiger partial charge in [-0.05, 0) is 47.7 Å². The van der Waals surface area contributed by atoms with Crippen LogP contribution in [0, 0.1) is 0 Å². The molecular weight excluding hydrogens is 505 g/mol. The first kappa shape index (κ1) is 23.3. The van der Waals surface area contributed by atoms with Crippen LogP contribution in [0.25, 0.3) is 22.2 Å². The van der Waals surface area contributed by atoms with E-state index in [0.717, 1.165) is 31.9 Å². The van der Waals surface area contributed by atoms with E-state index in [9.17, 15) is 18.0 Å². The van der Waals surface area contributed by atoms with Crippen molar-refractivity contribution in [1.29, 1.82) is 0 Å². The number of nitrogens with two attached hydrogens (primary N) is 1. The smallest absolute Gasteiger partial charge is 0.419 e. The fourth-order valence-corrected chi connectivity index (χ4v) is 4.49. The Labute approximate surface area is 195 Å². The summed E-state index contributed by atoms with van der Waals surface area (Å²) >= 11 is 3.39. The van der Waals surface area contributed by atoms with E-state index in [1.54, 1.807) is 12.1 Å². The summed E-state index contributed by atoms with van der Waals surface area (Å²) in [5.74, 6) is 0.135. The summed E-state index contributed by atoms with van der Waals surface area (Å²) in [6.45, 7) is 0. The van der Waals surface area contributed by atoms with Crippen LogP contribution in [0.4, 0.5) is 29.6 Å². The number of benzene rings is 1. The Bertz CT molecular complexity index is 1170. The molecule has 8 nitrogen and oxygen atoms in total. The van der Waals surface area contributed by atoms with Gasteiger partial charge >= 0.3 is 12.3 Å². The number of hydrogen-bond acceptors (Lipinski definition) is 6. The lowest BCUT2D eigenvalue weighted by molar-refractivity contribution is -0.137. The molecule has 2 heterocycles. The number of rotatable bonds is 4. The Morgan fingerprint density at radius 3 is 2.67 bits per heavy atom. The number of H-pyrrole nitrogens is 1. The topological polar surface area (TPSA) is 118 Å². The molecule has 4 rings (SSSR count). The van der Waals surface area contributed by atoms with E-state index in [2.05, 4.69) is 46.3 Å². The average Bonchev–Trinajstić information content (AvgIpc) is 3.21. The summed E-state index contributed by atoms with van der Waals surface area (Å²) in [5.41, 5.74) is 5.93. The van der Waals surface area contributed by atoms with Crippen molar-refractivity contribution in [3.05, 3.63) is 34.6 Å². The average molecular weight is 527 g/mol. The van der Waals surface area contributed by atoms with Crippen LogP contribution < -0.4 is 16.4 Å². The number of halogens is 4. The van der Waals surface area contributed by atoms with E-state index in [4.69, 9.17) is 5.73 Å². The van der Waals surface area contributed by atoms with Gasteiger partial charge in [-0.25, -0.2) is 14.8 Å². The number of nitrogens with one attached hydrogen (secondary N) is 3. The summed E-state index contributed by atoms with van der Waals surface area (Å²) in [6.07, 6.45) is 0.231. The minimum absolute atomic E-state index is 0.0541. The first-order valence-electron chi connectivity index (χ1n) is 10.3. The lowest BCUT2D eigenvalue weighted by atomic mass is 9.92. The van der Waals surface area contributed by atoms with Crippen LogP contribution in [0.5, 0.6) is 0 Å². The van der Waals surface area contributed by atoms with Crippen LogP contribution in [0.2, 0.25) is 0 Å². The molecule has 12 heteroatoms. The van der Waals surface area contributed by atoms with E-state index in [0.29, 0.717) is 21.1 Å². The SMILES string of the molecule is COC(=O)Nc1ccc2c(-c3nc(NC4CCC(N)CC4)ncc3C(F)(F)F)c[nH]c2c1Br. The quantitative estimate of drug-likeness (QED) is 0.368. The highest BCUT2D eigenvalue weighted by Crippen LogP contribution is 2.41. The van der Waals surface area contributed by atoms with Crippen molar-refractivity contribution in [3.63, 3.8) is 0 Å². The van der Waals surface area contributed by atoms with E-state index in [1.807, 2.05) is 0 Å². The van der Waals surface area contributed by atoms with Crippen molar-refractivity contribution in [2.24, 2.45) is 5.73 Å². The van der Waals surface area contributed by atoms with Gasteiger partial charge in [-0.2, -0.15) is 13.2 Å². The first-order valence-corrected chi connectivity index (χ1v) is 11.1. The molecule has 0 unspecified atom stereocenters. The van der Waals surface area contributed by atoms with E-state index < -0.39 is 17.8 Å². The number of alkyl halides is 3. The number of fused-ring (bicyclic) bond motifs is 1. The number of aromatic nitrogens is 3. The van der Waals surface area contributed by atoms with Crippen LogP contribution in [0.1, 0.15) is 31.2 Å². The molecule has 5 N–H and O–H groups in total. The zero-order valence-electron chi connectivity index (χ0n) is 17.6. The highest BCUT2D eigenvalue weighted by atomic mass is 79.9. The minimum atomic E-state index is -4.64. The molecule has 0 atom stereocenters. The zero-order valence-corrected chi connectivity index (χ0v) is 19.2. The van der Waals surface area contributed by atoms with Gasteiger partial charge in [0.25, 0.3) is 0 Å². The molecule has 0 spiro atoms. The molecule has 176 valence electrons. The summed E-state index contributed by atoms with van der Waals surface area (Å²) in [7, 11) is 1.23. The maximum absolute atomic E-state index is 13.8. The fraction of sp³-hybridized carbons (Fsp3) is 0.381. The molecule has 0 radical (unpaired) electrons. The monoisotopic (exact) mass is 526 g/mol. The van der Waals surface area contributed by atoms with Crippen molar-refractivity contribution in [1.82, 2.24) is 15.0 Å². The number of ether oxygens (including phenoxy) is 1. The normalized spacial score (nSPS) is 18.8. The molecule has 1 aliphatic rings. The molecule has 1 aliphatic carbocycles. The third-order valence-electron chi connectivity index (χ3n) is 5.67. The Balaban J connectivity index is 1.74. The first-order chi connectivity index (χ1) is 15.7. The van der Waals surface area contributed by atoms with Crippen molar-refractivity contribution < 1.29 is 22.7 Å². The highest BCUT2D eigenvalue weighted by molar-refractivity contribution is 9.10. The lowest BCUT2D eigenvalue weighted by Crippen LogP contribution is -2.33. The number of hydrogen-bond donors (Lipinski definition) is 4. The van der Waals surface area contributed by atoms with Crippen molar-refractivity contribution in [2.45, 2.75) is 43.9 Å². The lowest BCUT2D eigenvalue weighted by Gasteiger charge is -2.27. The Hall–Kier alpha value is -2.86. The molecule has 1 saturated carbocycles. The molecule has 1 aromatic carbocycles. The second kappa shape index (κ2) is 9.18. The van der Waals surface area contributed by atoms with Crippen LogP contribution in [-0.4, -0.2) is 40.2 Å². The molecular formula is C21H22BrF3N6O2. The van der Waals surface area contributed by atoms with E-state index in [-0.39, 0.29) is 29.3 Å². The predicted octanol–water partition coefficient (Wildman–Crippen LogP) is 5.27. The van der Waals surface area contributed by atoms with Gasteiger partial charge in [0.2, 0.25) is 5.95 Å². The molecule has 1 fully saturated rings. The number of aromatic amines is 1. The van der Waals surface area contributed by atoms with Crippen molar-refractivity contribution in [3.8, 4) is 11.3 Å². The summed E-state index contributed by atoms with van der Waals surface area (Å²) in [4.78, 5) is 22.7. The van der Waals surface area contributed by atoms with E-state index >= 15 is 0 Å². The number of amides is 1. The van der Waals surface area contributed by atoms with Gasteiger partial charge in [0.15, 0.2) is 0 Å². The predicted molar refractivity (Wildman–Crippen MR) is 122 cm³/mol. The third kappa shape index (κ3) is 4.91. The Morgan fingerprint density at radius 2 is 2.00 bits per heavy atom. The van der Waals surface area contributed by atoms with E-state index in [1.165, 1.54) is 13.3 Å². The van der Waals surface area contributed by atoms with Gasteiger partial charge in [-0.1, -0.05) is 6.07 Å². The number of anilines is 2. The summed E-state index contributed by atoms with van der Waals surface area (Å²) in [6, 6.07) is 3.38. The largest absolute Gasteiger partial charge is 0.453 e. The zero-order chi connectivity index (χ0) is 23.8. The maximum atomic E-state index is 13.8. The number of carbonyl (C=O) groups excluding carboxylic acids is 1. The fourth-order valence-electron chi connectivity index (χ4n) is 3.93. The highest BCUT2D eigenvalue weighted by Gasteiger charge is 2.36. The molecule has 2 aromatic heterocycles. The second-order valence-electron chi connectivity index (χ2n) is 7.88. The van der Waals surface area contributed by atoms with Crippen LogP contribution in [0.3, 0.4) is 0 Å². The van der Waals surface area contributed by atoms with Crippen molar-refractivity contribution in [2.75, 3.05) is 17.7 Å². The summed E-state index contributed by atoms with van der Waals surface area (Å²) in [5, 5.41) is 6.19. The molecule has 33 heavy (non-hydrogen) atoms. The van der Waals surface area contributed by atoms with Gasteiger partial charge in [0.05, 0.1) is 28.5 Å². The van der Waals surface area contributed by atoms with Crippen LogP contribution in [0.15, 0.2) is 29.0 Å². The third-order valence-corrected chi connectivity index (χ3v) is 6.49. The molecule has 1 amide bonds. The van der Waals surface area contributed by atoms with Crippen LogP contribution in [-0.2, 0) is 10.9 Å². The Kier molecular flexibility index (Phi) is 6.48. The van der Waals surface area contributed by atoms with Gasteiger partial charge in [0, 0.05) is 35.4 Å². The standard InChI is InChI=1S/C21H22BrF3N6O2/c1-33-20(32)30-15-7-6-12-13(8-27-18(12)16(15)22)17-14(21(23,24)25)9-28-19(31-17)29-11-4-2-10(26)3-5-11/h6-11,27H,2-5,26H2,1H3,(H,30,32)(H,28,29,31).